The van der Waals surface area contributed by atoms with E-state index in [1.807, 2.05) is 30.3 Å². The SMILES string of the molecule is COc1cc2c(cc1OCc1ccccc1)N(C(=O)OCc1ccc(O[C@@H]3O[C@H](CO)[C@H](O)[C@H](O)[C@H]3O)c([N+](=O)[O-])c1)[C@@H](O)C1CCCN1C2=O. The standard InChI is InChI=1S/C34H37N3O14/c1-47-25-13-20-22(14-26(25)48-16-18-6-3-2-4-7-18)36(32(43)21-8-5-11-35(21)31(20)42)34(44)49-17-19-9-10-24(23(12-19)37(45)46)50-33-30(41)29(40)28(39)27(15-38)51-33/h2-4,6-7,9-10,12-14,21,27-30,32-33,38-41,43H,5,8,11,15-17H2,1H3/t21?,27-,28+,29+,30-,32+,33-/m1/s1. The summed E-state index contributed by atoms with van der Waals surface area (Å²) in [6, 6.07) is 15.0. The number of nitro benzene ring substituents is 1. The van der Waals surface area contributed by atoms with Crippen LogP contribution in [-0.2, 0) is 22.7 Å². The van der Waals surface area contributed by atoms with Crippen molar-refractivity contribution in [2.45, 2.75) is 69.0 Å². The summed E-state index contributed by atoms with van der Waals surface area (Å²) in [6.07, 6.45) is -9.75. The fraction of sp³-hybridized carbons (Fsp3) is 0.412. The summed E-state index contributed by atoms with van der Waals surface area (Å²) in [5, 5.41) is 63.4. The zero-order chi connectivity index (χ0) is 36.4. The van der Waals surface area contributed by atoms with Crippen LogP contribution < -0.4 is 19.1 Å². The number of ether oxygens (including phenoxy) is 5. The van der Waals surface area contributed by atoms with E-state index >= 15 is 0 Å². The Hall–Kier alpha value is -5.04. The molecule has 3 aromatic rings. The average Bonchev–Trinajstić information content (AvgIpc) is 3.61. The van der Waals surface area contributed by atoms with Crippen LogP contribution in [0.15, 0.2) is 60.7 Å². The van der Waals surface area contributed by atoms with Crippen molar-refractivity contribution in [1.29, 1.82) is 0 Å². The molecule has 272 valence electrons. The zero-order valence-electron chi connectivity index (χ0n) is 27.3. The van der Waals surface area contributed by atoms with E-state index in [1.54, 1.807) is 0 Å². The van der Waals surface area contributed by atoms with Crippen molar-refractivity contribution < 1.29 is 63.7 Å². The quantitative estimate of drug-likeness (QED) is 0.148. The van der Waals surface area contributed by atoms with E-state index in [2.05, 4.69) is 0 Å². The van der Waals surface area contributed by atoms with Crippen LogP contribution in [0, 0.1) is 10.1 Å². The van der Waals surface area contributed by atoms with Gasteiger partial charge in [0.15, 0.2) is 23.5 Å². The average molecular weight is 712 g/mol. The highest BCUT2D eigenvalue weighted by Gasteiger charge is 2.47. The summed E-state index contributed by atoms with van der Waals surface area (Å²) in [4.78, 5) is 41.2. The fourth-order valence-corrected chi connectivity index (χ4v) is 6.36. The maximum absolute atomic E-state index is 13.8. The third-order valence-electron chi connectivity index (χ3n) is 9.05. The second kappa shape index (κ2) is 15.1. The minimum absolute atomic E-state index is 0.0185. The summed E-state index contributed by atoms with van der Waals surface area (Å²) < 4.78 is 27.9. The van der Waals surface area contributed by atoms with Gasteiger partial charge in [0.05, 0.1) is 35.9 Å². The van der Waals surface area contributed by atoms with Gasteiger partial charge in [-0.05, 0) is 36.1 Å². The molecule has 0 spiro atoms. The summed E-state index contributed by atoms with van der Waals surface area (Å²) in [5.74, 6) is -0.365. The number of anilines is 1. The molecule has 17 nitrogen and oxygen atoms in total. The normalized spacial score (nSPS) is 25.8. The first-order chi connectivity index (χ1) is 24.5. The van der Waals surface area contributed by atoms with Crippen LogP contribution in [0.1, 0.15) is 34.3 Å². The zero-order valence-corrected chi connectivity index (χ0v) is 27.3. The highest BCUT2D eigenvalue weighted by atomic mass is 16.7. The highest BCUT2D eigenvalue weighted by molar-refractivity contribution is 6.06. The molecule has 5 N–H and O–H groups in total. The molecule has 3 aromatic carbocycles. The molecular weight excluding hydrogens is 674 g/mol. The lowest BCUT2D eigenvalue weighted by molar-refractivity contribution is -0.387. The number of carbonyl (C=O) groups is 2. The summed E-state index contributed by atoms with van der Waals surface area (Å²) >= 11 is 0. The van der Waals surface area contributed by atoms with Gasteiger partial charge in [0, 0.05) is 18.7 Å². The van der Waals surface area contributed by atoms with Gasteiger partial charge in [-0.25, -0.2) is 9.69 Å². The number of aliphatic hydroxyl groups excluding tert-OH is 5. The maximum Gasteiger partial charge on any atom is 0.416 e. The van der Waals surface area contributed by atoms with Gasteiger partial charge in [-0.2, -0.15) is 0 Å². The number of benzene rings is 3. The second-order valence-electron chi connectivity index (χ2n) is 12.2. The lowest BCUT2D eigenvalue weighted by atomic mass is 9.99. The van der Waals surface area contributed by atoms with Gasteiger partial charge in [0.2, 0.25) is 6.29 Å². The Bertz CT molecular complexity index is 1760. The van der Waals surface area contributed by atoms with E-state index in [0.717, 1.165) is 22.6 Å². The number of aliphatic hydroxyl groups is 5. The number of rotatable bonds is 10. The minimum atomic E-state index is -1.81. The van der Waals surface area contributed by atoms with Gasteiger partial charge in [0.1, 0.15) is 37.6 Å². The van der Waals surface area contributed by atoms with Gasteiger partial charge in [0.25, 0.3) is 5.91 Å². The molecule has 0 radical (unpaired) electrons. The van der Waals surface area contributed by atoms with Crippen LogP contribution in [0.3, 0.4) is 0 Å². The fourth-order valence-electron chi connectivity index (χ4n) is 6.36. The van der Waals surface area contributed by atoms with Crippen molar-refractivity contribution >= 4 is 23.4 Å². The van der Waals surface area contributed by atoms with Gasteiger partial charge < -0.3 is 54.1 Å². The largest absolute Gasteiger partial charge is 0.493 e. The predicted octanol–water partition coefficient (Wildman–Crippen LogP) is 1.44. The summed E-state index contributed by atoms with van der Waals surface area (Å²) in [7, 11) is 1.41. The van der Waals surface area contributed by atoms with Crippen LogP contribution in [-0.4, -0.2) is 111 Å². The Morgan fingerprint density at radius 2 is 1.73 bits per heavy atom. The number of methoxy groups -OCH3 is 1. The van der Waals surface area contributed by atoms with Crippen LogP contribution in [0.2, 0.25) is 0 Å². The molecule has 2 saturated heterocycles. The molecule has 1 unspecified atom stereocenters. The number of hydrogen-bond donors (Lipinski definition) is 5. The molecule has 51 heavy (non-hydrogen) atoms. The number of carbonyl (C=O) groups excluding carboxylic acids is 2. The number of fused-ring (bicyclic) bond motifs is 2. The van der Waals surface area contributed by atoms with E-state index in [1.165, 1.54) is 30.2 Å². The molecule has 0 bridgehead atoms. The van der Waals surface area contributed by atoms with E-state index < -0.39 is 78.8 Å². The van der Waals surface area contributed by atoms with Gasteiger partial charge >= 0.3 is 11.8 Å². The second-order valence-corrected chi connectivity index (χ2v) is 12.2. The Morgan fingerprint density at radius 3 is 2.43 bits per heavy atom. The monoisotopic (exact) mass is 711 g/mol. The molecule has 0 aliphatic carbocycles. The van der Waals surface area contributed by atoms with Gasteiger partial charge in [-0.1, -0.05) is 36.4 Å². The first-order valence-electron chi connectivity index (χ1n) is 16.1. The highest BCUT2D eigenvalue weighted by Crippen LogP contribution is 2.42. The van der Waals surface area contributed by atoms with Gasteiger partial charge in [-0.15, -0.1) is 0 Å². The topological polar surface area (TPSA) is 231 Å². The third-order valence-corrected chi connectivity index (χ3v) is 9.05. The molecule has 3 aliphatic rings. The number of nitrogens with zero attached hydrogens (tertiary/aromatic N) is 3. The number of nitro groups is 1. The Kier molecular flexibility index (Phi) is 10.6. The summed E-state index contributed by atoms with van der Waals surface area (Å²) in [6.45, 7) is -0.733. The molecular formula is C34H37N3O14. The lowest BCUT2D eigenvalue weighted by Gasteiger charge is -2.39. The first-order valence-corrected chi connectivity index (χ1v) is 16.1. The van der Waals surface area contributed by atoms with E-state index in [9.17, 15) is 45.2 Å². The molecule has 3 aliphatic heterocycles. The molecule has 3 heterocycles. The van der Waals surface area contributed by atoms with Crippen LogP contribution in [0.25, 0.3) is 0 Å². The van der Waals surface area contributed by atoms with E-state index in [0.29, 0.717) is 19.4 Å². The maximum atomic E-state index is 13.8. The smallest absolute Gasteiger partial charge is 0.416 e. The van der Waals surface area contributed by atoms with E-state index in [4.69, 9.17) is 23.7 Å². The third kappa shape index (κ3) is 7.12. The Morgan fingerprint density at radius 1 is 0.961 bits per heavy atom. The van der Waals surface area contributed by atoms with Crippen LogP contribution in [0.5, 0.6) is 17.2 Å². The Balaban J connectivity index is 1.25. The molecule has 2 amide bonds. The van der Waals surface area contributed by atoms with Crippen molar-refractivity contribution in [2.24, 2.45) is 0 Å². The molecule has 0 aromatic heterocycles. The molecule has 17 heteroatoms. The van der Waals surface area contributed by atoms with Crippen molar-refractivity contribution in [3.8, 4) is 17.2 Å². The molecule has 0 saturated carbocycles. The van der Waals surface area contributed by atoms with Crippen LogP contribution >= 0.6 is 0 Å². The predicted molar refractivity (Wildman–Crippen MR) is 174 cm³/mol. The van der Waals surface area contributed by atoms with Gasteiger partial charge in [-0.3, -0.25) is 14.9 Å². The van der Waals surface area contributed by atoms with Crippen molar-refractivity contribution in [3.63, 3.8) is 0 Å². The first kappa shape index (κ1) is 35.8. The molecule has 6 rings (SSSR count). The van der Waals surface area contributed by atoms with Crippen molar-refractivity contribution in [1.82, 2.24) is 4.90 Å². The van der Waals surface area contributed by atoms with Crippen molar-refractivity contribution in [3.05, 3.63) is 87.5 Å². The minimum Gasteiger partial charge on any atom is -0.493 e. The number of hydrogen-bond acceptors (Lipinski definition) is 14. The Labute approximate surface area is 290 Å². The number of amides is 2. The van der Waals surface area contributed by atoms with Crippen LogP contribution in [0.4, 0.5) is 16.2 Å². The summed E-state index contributed by atoms with van der Waals surface area (Å²) in [5.41, 5.74) is 0.469. The molecule has 2 fully saturated rings. The van der Waals surface area contributed by atoms with Crippen molar-refractivity contribution in [2.75, 3.05) is 25.2 Å². The molecule has 7 atom stereocenters. The van der Waals surface area contributed by atoms with E-state index in [-0.39, 0.29) is 40.7 Å². The lowest BCUT2D eigenvalue weighted by Crippen LogP contribution is -2.60.